The normalized spacial score (nSPS) is 12.6. The molecule has 0 unspecified atom stereocenters. The molecule has 1 aromatic heterocycles. The molecule has 2 aromatic carbocycles. The Morgan fingerprint density at radius 3 is 3.00 bits per heavy atom. The number of hydrogen-bond donors (Lipinski definition) is 2. The van der Waals surface area contributed by atoms with Gasteiger partial charge in [-0.05, 0) is 29.8 Å². The molecule has 3 aromatic rings. The van der Waals surface area contributed by atoms with Crippen molar-refractivity contribution >= 4 is 33.8 Å². The molecule has 0 radical (unpaired) electrons. The number of hydrogen-bond acceptors (Lipinski definition) is 5. The van der Waals surface area contributed by atoms with Crippen LogP contribution < -0.4 is 15.4 Å². The molecule has 0 saturated carbocycles. The summed E-state index contributed by atoms with van der Waals surface area (Å²) in [5.74, 6) is 0.815. The van der Waals surface area contributed by atoms with Gasteiger partial charge in [-0.2, -0.15) is 0 Å². The summed E-state index contributed by atoms with van der Waals surface area (Å²) in [6.07, 6.45) is 0.430. The number of amides is 1. The minimum Gasteiger partial charge on any atom is -0.495 e. The largest absolute Gasteiger partial charge is 0.495 e. The van der Waals surface area contributed by atoms with E-state index in [2.05, 4.69) is 15.6 Å². The van der Waals surface area contributed by atoms with Crippen LogP contribution in [0.1, 0.15) is 5.56 Å². The molecule has 0 bridgehead atoms. The molecule has 120 valence electrons. The number of ether oxygens (including phenoxy) is 1. The molecule has 0 aliphatic carbocycles. The first-order valence-electron chi connectivity index (χ1n) is 7.51. The second kappa shape index (κ2) is 5.98. The number of aromatic nitrogens is 1. The predicted octanol–water partition coefficient (Wildman–Crippen LogP) is 4.06. The van der Waals surface area contributed by atoms with Crippen LogP contribution in [0, 0.1) is 0 Å². The Morgan fingerprint density at radius 1 is 1.25 bits per heavy atom. The summed E-state index contributed by atoms with van der Waals surface area (Å²) in [7, 11) is 1.65. The summed E-state index contributed by atoms with van der Waals surface area (Å²) < 4.78 is 5.34. The van der Waals surface area contributed by atoms with Gasteiger partial charge in [0.15, 0.2) is 5.13 Å². The lowest BCUT2D eigenvalue weighted by atomic mass is 10.1. The van der Waals surface area contributed by atoms with Crippen LogP contribution in [0.15, 0.2) is 47.8 Å². The van der Waals surface area contributed by atoms with E-state index < -0.39 is 0 Å². The molecule has 1 aliphatic heterocycles. The van der Waals surface area contributed by atoms with Crippen molar-refractivity contribution in [2.75, 3.05) is 17.7 Å². The number of rotatable bonds is 4. The Hall–Kier alpha value is -2.86. The smallest absolute Gasteiger partial charge is 0.228 e. The third-order valence-corrected chi connectivity index (χ3v) is 4.64. The Morgan fingerprint density at radius 2 is 2.12 bits per heavy atom. The molecule has 2 N–H and O–H groups in total. The van der Waals surface area contributed by atoms with Crippen molar-refractivity contribution in [3.05, 3.63) is 53.4 Å². The van der Waals surface area contributed by atoms with Gasteiger partial charge in [0.25, 0.3) is 0 Å². The summed E-state index contributed by atoms with van der Waals surface area (Å²) in [4.78, 5) is 16.1. The highest BCUT2D eigenvalue weighted by atomic mass is 32.1. The van der Waals surface area contributed by atoms with Gasteiger partial charge in [-0.3, -0.25) is 4.79 Å². The van der Waals surface area contributed by atoms with E-state index in [9.17, 15) is 4.79 Å². The third kappa shape index (κ3) is 2.72. The average Bonchev–Trinajstić information content (AvgIpc) is 3.20. The van der Waals surface area contributed by atoms with E-state index >= 15 is 0 Å². The maximum absolute atomic E-state index is 11.5. The van der Waals surface area contributed by atoms with E-state index in [1.165, 1.54) is 11.3 Å². The van der Waals surface area contributed by atoms with Crippen molar-refractivity contribution in [1.29, 1.82) is 0 Å². The van der Waals surface area contributed by atoms with Gasteiger partial charge in [-0.25, -0.2) is 4.98 Å². The number of fused-ring (bicyclic) bond motifs is 1. The Bertz CT molecular complexity index is 920. The van der Waals surface area contributed by atoms with Crippen LogP contribution in [0.25, 0.3) is 11.3 Å². The van der Waals surface area contributed by atoms with Gasteiger partial charge in [0.1, 0.15) is 5.75 Å². The summed E-state index contributed by atoms with van der Waals surface area (Å²) >= 11 is 1.53. The van der Waals surface area contributed by atoms with Crippen LogP contribution in [0.3, 0.4) is 0 Å². The van der Waals surface area contributed by atoms with E-state index in [0.29, 0.717) is 6.42 Å². The SMILES string of the molecule is COc1ccccc1Nc1nc(-c2ccc3c(c2)CC(=O)N3)cs1. The van der Waals surface area contributed by atoms with Crippen LogP contribution in [0.5, 0.6) is 5.75 Å². The van der Waals surface area contributed by atoms with Gasteiger partial charge in [-0.1, -0.05) is 18.2 Å². The summed E-state index contributed by atoms with van der Waals surface area (Å²) in [5.41, 5.74) is 4.69. The number of carbonyl (C=O) groups excluding carboxylic acids is 1. The first-order valence-corrected chi connectivity index (χ1v) is 8.39. The van der Waals surface area contributed by atoms with Gasteiger partial charge in [-0.15, -0.1) is 11.3 Å². The van der Waals surface area contributed by atoms with E-state index in [-0.39, 0.29) is 5.91 Å². The maximum Gasteiger partial charge on any atom is 0.228 e. The predicted molar refractivity (Wildman–Crippen MR) is 96.2 cm³/mol. The zero-order valence-electron chi connectivity index (χ0n) is 13.0. The van der Waals surface area contributed by atoms with E-state index in [1.807, 2.05) is 47.8 Å². The fourth-order valence-corrected chi connectivity index (χ4v) is 3.45. The van der Waals surface area contributed by atoms with Crippen LogP contribution in [-0.4, -0.2) is 18.0 Å². The molecule has 2 heterocycles. The lowest BCUT2D eigenvalue weighted by Gasteiger charge is -2.08. The van der Waals surface area contributed by atoms with E-state index in [0.717, 1.165) is 39.1 Å². The topological polar surface area (TPSA) is 63.2 Å². The average molecular weight is 337 g/mol. The fourth-order valence-electron chi connectivity index (χ4n) is 2.72. The molecule has 0 atom stereocenters. The Labute approximate surface area is 143 Å². The first kappa shape index (κ1) is 14.7. The lowest BCUT2D eigenvalue weighted by Crippen LogP contribution is -2.03. The number of anilines is 3. The molecule has 4 rings (SSSR count). The minimum absolute atomic E-state index is 0.0407. The standard InChI is InChI=1S/C18H15N3O2S/c1-23-16-5-3-2-4-14(16)20-18-21-15(10-24-18)11-6-7-13-12(8-11)9-17(22)19-13/h2-8,10H,9H2,1H3,(H,19,22)(H,20,21). The molecule has 1 amide bonds. The highest BCUT2D eigenvalue weighted by Gasteiger charge is 2.18. The fraction of sp³-hybridized carbons (Fsp3) is 0.111. The number of methoxy groups -OCH3 is 1. The van der Waals surface area contributed by atoms with Gasteiger partial charge >= 0.3 is 0 Å². The first-order chi connectivity index (χ1) is 11.7. The van der Waals surface area contributed by atoms with Crippen molar-refractivity contribution in [2.24, 2.45) is 0 Å². The van der Waals surface area contributed by atoms with Crippen LogP contribution in [-0.2, 0) is 11.2 Å². The minimum atomic E-state index is 0.0407. The number of nitrogens with zero attached hydrogens (tertiary/aromatic N) is 1. The van der Waals surface area contributed by atoms with Gasteiger partial charge in [0.05, 0.1) is 24.9 Å². The molecule has 24 heavy (non-hydrogen) atoms. The quantitative estimate of drug-likeness (QED) is 0.754. The Kier molecular flexibility index (Phi) is 3.66. The molecule has 0 spiro atoms. The highest BCUT2D eigenvalue weighted by Crippen LogP contribution is 2.33. The summed E-state index contributed by atoms with van der Waals surface area (Å²) in [5, 5.41) is 8.93. The molecule has 0 fully saturated rings. The van der Waals surface area contributed by atoms with Crippen molar-refractivity contribution in [3.8, 4) is 17.0 Å². The molecule has 0 saturated heterocycles. The molecular weight excluding hydrogens is 322 g/mol. The van der Waals surface area contributed by atoms with Crippen LogP contribution in [0.4, 0.5) is 16.5 Å². The summed E-state index contributed by atoms with van der Waals surface area (Å²) in [6, 6.07) is 13.7. The second-order valence-corrected chi connectivity index (χ2v) is 6.32. The zero-order valence-corrected chi connectivity index (χ0v) is 13.8. The van der Waals surface area contributed by atoms with Crippen molar-refractivity contribution in [2.45, 2.75) is 6.42 Å². The van der Waals surface area contributed by atoms with Crippen LogP contribution in [0.2, 0.25) is 0 Å². The van der Waals surface area contributed by atoms with Crippen LogP contribution >= 0.6 is 11.3 Å². The maximum atomic E-state index is 11.5. The molecule has 1 aliphatic rings. The number of thiazole rings is 1. The highest BCUT2D eigenvalue weighted by molar-refractivity contribution is 7.14. The van der Waals surface area contributed by atoms with E-state index in [1.54, 1.807) is 7.11 Å². The number of benzene rings is 2. The monoisotopic (exact) mass is 337 g/mol. The number of carbonyl (C=O) groups is 1. The van der Waals surface area contributed by atoms with Crippen molar-refractivity contribution < 1.29 is 9.53 Å². The Balaban J connectivity index is 1.59. The zero-order chi connectivity index (χ0) is 16.5. The lowest BCUT2D eigenvalue weighted by molar-refractivity contribution is -0.115. The number of nitrogens with one attached hydrogen (secondary N) is 2. The van der Waals surface area contributed by atoms with Gasteiger partial charge in [0.2, 0.25) is 5.91 Å². The third-order valence-electron chi connectivity index (χ3n) is 3.88. The van der Waals surface area contributed by atoms with Crippen molar-refractivity contribution in [1.82, 2.24) is 4.98 Å². The van der Waals surface area contributed by atoms with Gasteiger partial charge in [0, 0.05) is 16.6 Å². The van der Waals surface area contributed by atoms with Gasteiger partial charge < -0.3 is 15.4 Å². The van der Waals surface area contributed by atoms with E-state index in [4.69, 9.17) is 4.74 Å². The molecular formula is C18H15N3O2S. The summed E-state index contributed by atoms with van der Waals surface area (Å²) in [6.45, 7) is 0. The molecule has 6 heteroatoms. The number of para-hydroxylation sites is 2. The molecule has 5 nitrogen and oxygen atoms in total. The van der Waals surface area contributed by atoms with Crippen molar-refractivity contribution in [3.63, 3.8) is 0 Å². The second-order valence-electron chi connectivity index (χ2n) is 5.46.